The number of carbonyl (C=O) groups excluding carboxylic acids is 4. The fraction of sp³-hybridized carbons (Fsp3) is 0.547. The normalized spacial score (nSPS) is 24.5. The number of aliphatic hydroxyl groups is 1. The average Bonchev–Trinajstić information content (AvgIpc) is 3.85. The smallest absolute Gasteiger partial charge is 0.327 e. The molecule has 3 aromatic rings. The molecule has 14 nitrogen and oxygen atoms in total. The fourth-order valence-electron chi connectivity index (χ4n) is 10.0. The molecule has 3 heterocycles. The van der Waals surface area contributed by atoms with Crippen LogP contribution in [0.1, 0.15) is 138 Å². The van der Waals surface area contributed by atoms with Crippen molar-refractivity contribution in [1.82, 2.24) is 15.7 Å². The third kappa shape index (κ3) is 11.8. The number of phenolic OH excluding ortho intramolecular Hbond substituents is 1. The predicted octanol–water partition coefficient (Wildman–Crippen LogP) is 7.62. The molecule has 7 unspecified atom stereocenters. The lowest BCUT2D eigenvalue weighted by molar-refractivity contribution is -0.224. The van der Waals surface area contributed by atoms with Gasteiger partial charge in [0.2, 0.25) is 5.91 Å². The van der Waals surface area contributed by atoms with Crippen molar-refractivity contribution >= 4 is 29.8 Å². The number of nitrogens with zero attached hydrogens (tertiary/aromatic N) is 1. The molecular weight excluding hydrogens is 855 g/mol. The molecule has 0 aromatic heterocycles. The number of hydroxylamine groups is 2. The third-order valence-electron chi connectivity index (χ3n) is 13.2. The van der Waals surface area contributed by atoms with Crippen molar-refractivity contribution in [3.05, 3.63) is 107 Å². The van der Waals surface area contributed by atoms with Crippen LogP contribution in [-0.2, 0) is 57.7 Å². The second kappa shape index (κ2) is 21.9. The minimum atomic E-state index is -1.40. The molecule has 67 heavy (non-hydrogen) atoms. The van der Waals surface area contributed by atoms with Crippen molar-refractivity contribution < 1.29 is 53.2 Å². The van der Waals surface area contributed by atoms with Gasteiger partial charge in [-0.25, -0.2) is 0 Å². The molecule has 0 spiro atoms. The lowest BCUT2D eigenvalue weighted by Crippen LogP contribution is -2.69. The highest BCUT2D eigenvalue weighted by molar-refractivity contribution is 5.95. The van der Waals surface area contributed by atoms with Crippen LogP contribution in [0.3, 0.4) is 0 Å². The summed E-state index contributed by atoms with van der Waals surface area (Å²) in [6, 6.07) is 20.1. The average molecular weight is 924 g/mol. The predicted molar refractivity (Wildman–Crippen MR) is 251 cm³/mol. The lowest BCUT2D eigenvalue weighted by atomic mass is 9.62. The third-order valence-corrected chi connectivity index (χ3v) is 13.2. The Morgan fingerprint density at radius 3 is 2.36 bits per heavy atom. The summed E-state index contributed by atoms with van der Waals surface area (Å²) in [4.78, 5) is 62.1. The first-order valence-electron chi connectivity index (χ1n) is 24.2. The summed E-state index contributed by atoms with van der Waals surface area (Å²) in [5.41, 5.74) is 1.49. The lowest BCUT2D eigenvalue weighted by Gasteiger charge is -2.48. The van der Waals surface area contributed by atoms with Crippen molar-refractivity contribution in [2.24, 2.45) is 5.41 Å². The largest absolute Gasteiger partial charge is 0.508 e. The second-order valence-corrected chi connectivity index (χ2v) is 19.6. The molecule has 3 aliphatic heterocycles. The van der Waals surface area contributed by atoms with Gasteiger partial charge in [-0.3, -0.25) is 24.0 Å². The number of aromatic hydroxyl groups is 1. The molecule has 0 radical (unpaired) electrons. The number of esters is 2. The SMILES string of the molecule is CCCCCC1(CCCCC)OC2C3CC4(C(=O)NCc5cccc(C(=O)NC(CO)CCC(=O)OC(C)(C)C)c5)C(ON(Cc5cccc(C=CCc6ccccc6O)c5)C4C(=O)O3)C2O1. The molecule has 2 bridgehead atoms. The van der Waals surface area contributed by atoms with Gasteiger partial charge in [0.15, 0.2) is 11.8 Å². The molecule has 1 saturated carbocycles. The summed E-state index contributed by atoms with van der Waals surface area (Å²) in [7, 11) is 0. The van der Waals surface area contributed by atoms with Crippen LogP contribution < -0.4 is 10.6 Å². The maximum Gasteiger partial charge on any atom is 0.327 e. The molecule has 3 saturated heterocycles. The number of para-hydroxylation sites is 1. The molecular formula is C53H69N3O11. The summed E-state index contributed by atoms with van der Waals surface area (Å²) in [5, 5.41) is 27.8. The van der Waals surface area contributed by atoms with E-state index in [0.717, 1.165) is 55.2 Å². The Labute approximate surface area is 394 Å². The van der Waals surface area contributed by atoms with Gasteiger partial charge in [0.25, 0.3) is 5.91 Å². The quantitative estimate of drug-likeness (QED) is 0.0573. The Bertz CT molecular complexity index is 2230. The van der Waals surface area contributed by atoms with Gasteiger partial charge in [-0.15, -0.1) is 0 Å². The van der Waals surface area contributed by atoms with Crippen LogP contribution in [0.15, 0.2) is 78.9 Å². The van der Waals surface area contributed by atoms with Crippen LogP contribution >= 0.6 is 0 Å². The van der Waals surface area contributed by atoms with Crippen molar-refractivity contribution in [2.45, 2.75) is 173 Å². The van der Waals surface area contributed by atoms with Crippen LogP contribution in [-0.4, -0.2) is 93.5 Å². The van der Waals surface area contributed by atoms with E-state index in [9.17, 15) is 24.6 Å². The van der Waals surface area contributed by atoms with Gasteiger partial charge in [-0.05, 0) is 86.9 Å². The number of unbranched alkanes of at least 4 members (excludes halogenated alkanes) is 4. The number of aliphatic hydroxyl groups excluding tert-OH is 1. The van der Waals surface area contributed by atoms with Gasteiger partial charge >= 0.3 is 11.9 Å². The van der Waals surface area contributed by atoms with Crippen molar-refractivity contribution in [3.8, 4) is 5.75 Å². The molecule has 4 N–H and O–H groups in total. The van der Waals surface area contributed by atoms with E-state index in [1.807, 2.05) is 48.6 Å². The molecule has 14 heteroatoms. The number of ether oxygens (including phenoxy) is 4. The van der Waals surface area contributed by atoms with Crippen LogP contribution in [0.4, 0.5) is 0 Å². The van der Waals surface area contributed by atoms with Gasteiger partial charge in [0.1, 0.15) is 41.2 Å². The summed E-state index contributed by atoms with van der Waals surface area (Å²) >= 11 is 0. The summed E-state index contributed by atoms with van der Waals surface area (Å²) in [6.07, 6.45) is 9.21. The van der Waals surface area contributed by atoms with Gasteiger partial charge in [0, 0.05) is 37.8 Å². The van der Waals surface area contributed by atoms with Crippen molar-refractivity contribution in [2.75, 3.05) is 6.61 Å². The Hall–Kier alpha value is -5.12. The number of carbonyl (C=O) groups is 4. The van der Waals surface area contributed by atoms with Crippen molar-refractivity contribution in [3.63, 3.8) is 0 Å². The zero-order valence-electron chi connectivity index (χ0n) is 39.7. The number of rotatable bonds is 22. The molecule has 362 valence electrons. The number of nitrogens with one attached hydrogen (secondary N) is 2. The maximum absolute atomic E-state index is 15.1. The number of fused-ring (bicyclic) bond motifs is 4. The Morgan fingerprint density at radius 1 is 0.925 bits per heavy atom. The van der Waals surface area contributed by atoms with Crippen LogP contribution in [0.25, 0.3) is 6.08 Å². The fourth-order valence-corrected chi connectivity index (χ4v) is 10.0. The Morgan fingerprint density at radius 2 is 1.64 bits per heavy atom. The first kappa shape index (κ1) is 49.8. The van der Waals surface area contributed by atoms with Gasteiger partial charge in [0.05, 0.1) is 19.2 Å². The first-order chi connectivity index (χ1) is 32.2. The number of hydrogen-bond acceptors (Lipinski definition) is 12. The van der Waals surface area contributed by atoms with Crippen molar-refractivity contribution in [1.29, 1.82) is 0 Å². The number of phenols is 1. The highest BCUT2D eigenvalue weighted by atomic mass is 16.8. The Balaban J connectivity index is 1.12. The minimum absolute atomic E-state index is 0.0251. The van der Waals surface area contributed by atoms with E-state index in [0.29, 0.717) is 30.4 Å². The van der Waals surface area contributed by atoms with E-state index in [-0.39, 0.29) is 50.6 Å². The zero-order chi connectivity index (χ0) is 47.8. The molecule has 1 aliphatic carbocycles. The van der Waals surface area contributed by atoms with E-state index in [1.165, 1.54) is 0 Å². The molecule has 4 aliphatic rings. The number of benzene rings is 3. The van der Waals surface area contributed by atoms with Crippen LogP contribution in [0, 0.1) is 5.41 Å². The highest BCUT2D eigenvalue weighted by Gasteiger charge is 2.76. The standard InChI is InChI=1S/C53H69N3O11/c1-6-8-12-27-52(28-13-9-7-2)65-44-42-31-53(50(62)54-32-36-19-16-23-39(30-36)48(60)55-40(34-57)25-26-43(59)64-51(3,4)5)46(49(61)63-42)56(67-47(53)45(44)66-52)33-37-20-14-17-35(29-37)18-15-22-38-21-10-11-24-41(38)58/h10-11,14-21,23-24,29-30,40,42,44-47,57-58H,6-9,12-13,22,25-28,31-34H2,1-5H3,(H,54,62)(H,55,60). The van der Waals surface area contributed by atoms with E-state index >= 15 is 4.79 Å². The van der Waals surface area contributed by atoms with E-state index in [4.69, 9.17) is 23.8 Å². The summed E-state index contributed by atoms with van der Waals surface area (Å²) in [5.74, 6) is -2.48. The maximum atomic E-state index is 15.1. The van der Waals surface area contributed by atoms with Gasteiger partial charge in [-0.1, -0.05) is 106 Å². The topological polar surface area (TPSA) is 182 Å². The van der Waals surface area contributed by atoms with E-state index in [2.05, 4.69) is 24.5 Å². The van der Waals surface area contributed by atoms with Crippen LogP contribution in [0.2, 0.25) is 0 Å². The summed E-state index contributed by atoms with van der Waals surface area (Å²) in [6.45, 7) is 9.50. The van der Waals surface area contributed by atoms with E-state index < -0.39 is 71.1 Å². The van der Waals surface area contributed by atoms with Gasteiger partial charge < -0.3 is 39.8 Å². The molecule has 3 aromatic carbocycles. The summed E-state index contributed by atoms with van der Waals surface area (Å²) < 4.78 is 25.6. The first-order valence-corrected chi connectivity index (χ1v) is 24.2. The molecule has 7 rings (SSSR count). The zero-order valence-corrected chi connectivity index (χ0v) is 39.7. The Kier molecular flexibility index (Phi) is 16.3. The molecule has 7 atom stereocenters. The van der Waals surface area contributed by atoms with Gasteiger partial charge in [-0.2, -0.15) is 5.06 Å². The molecule has 4 fully saturated rings. The number of amides is 2. The minimum Gasteiger partial charge on any atom is -0.508 e. The second-order valence-electron chi connectivity index (χ2n) is 19.6. The van der Waals surface area contributed by atoms with E-state index in [1.54, 1.807) is 62.2 Å². The number of hydrogen-bond donors (Lipinski definition) is 4. The molecule has 2 amide bonds. The number of allylic oxidation sites excluding steroid dienone is 1. The monoisotopic (exact) mass is 923 g/mol. The highest BCUT2D eigenvalue weighted by Crippen LogP contribution is 2.58. The van der Waals surface area contributed by atoms with Crippen LogP contribution in [0.5, 0.6) is 5.75 Å².